The smallest absolute Gasteiger partial charge is 0.267 e. The van der Waals surface area contributed by atoms with E-state index in [9.17, 15) is 4.79 Å². The molecule has 3 rings (SSSR count). The maximum Gasteiger partial charge on any atom is 0.267 e. The summed E-state index contributed by atoms with van der Waals surface area (Å²) in [6, 6.07) is 6.28. The highest BCUT2D eigenvalue weighted by molar-refractivity contribution is 5.90. The van der Waals surface area contributed by atoms with Crippen molar-refractivity contribution in [2.24, 2.45) is 7.05 Å². The van der Waals surface area contributed by atoms with Crippen molar-refractivity contribution in [1.82, 2.24) is 20.2 Å². The molecule has 1 aromatic heterocycles. The van der Waals surface area contributed by atoms with E-state index in [1.54, 1.807) is 11.6 Å². The standard InChI is InChI=1S/C20H26N4O2/c1-14-19(15(2)23(3)21-14)9-11-24-10-8-17-6-4-16(12-18(17)13-24)5-7-20(25)22-26/h4-7,12,26H,8-11,13H2,1-3H3,(H,22,25)/b7-5+. The molecule has 0 bridgehead atoms. The molecule has 0 aliphatic carbocycles. The van der Waals surface area contributed by atoms with Gasteiger partial charge in [0, 0.05) is 38.5 Å². The van der Waals surface area contributed by atoms with Crippen LogP contribution in [0.25, 0.3) is 6.08 Å². The van der Waals surface area contributed by atoms with E-state index in [0.717, 1.165) is 43.7 Å². The SMILES string of the molecule is Cc1nn(C)c(C)c1CCN1CCc2ccc(/C=C/C(=O)NO)cc2C1. The second kappa shape index (κ2) is 7.85. The summed E-state index contributed by atoms with van der Waals surface area (Å²) < 4.78 is 1.96. The second-order valence-electron chi connectivity index (χ2n) is 6.89. The highest BCUT2D eigenvalue weighted by atomic mass is 16.5. The lowest BCUT2D eigenvalue weighted by Crippen LogP contribution is -2.32. The molecule has 0 saturated carbocycles. The largest absolute Gasteiger partial charge is 0.298 e. The van der Waals surface area contributed by atoms with Gasteiger partial charge in [0.05, 0.1) is 5.69 Å². The number of hydrogen-bond acceptors (Lipinski definition) is 4. The number of aromatic nitrogens is 2. The van der Waals surface area contributed by atoms with Crippen molar-refractivity contribution in [3.63, 3.8) is 0 Å². The first-order valence-electron chi connectivity index (χ1n) is 8.93. The van der Waals surface area contributed by atoms with Gasteiger partial charge in [-0.3, -0.25) is 19.6 Å². The van der Waals surface area contributed by atoms with Crippen LogP contribution in [0.5, 0.6) is 0 Å². The average Bonchev–Trinajstić information content (AvgIpc) is 2.89. The normalized spacial score (nSPS) is 14.6. The zero-order valence-electron chi connectivity index (χ0n) is 15.6. The predicted octanol–water partition coefficient (Wildman–Crippen LogP) is 2.16. The minimum Gasteiger partial charge on any atom is -0.298 e. The lowest BCUT2D eigenvalue weighted by atomic mass is 9.96. The van der Waals surface area contributed by atoms with Crippen molar-refractivity contribution in [3.05, 3.63) is 57.9 Å². The number of carbonyl (C=O) groups is 1. The third-order valence-corrected chi connectivity index (χ3v) is 5.20. The van der Waals surface area contributed by atoms with Gasteiger partial charge in [-0.05, 0) is 55.0 Å². The van der Waals surface area contributed by atoms with E-state index < -0.39 is 5.91 Å². The first kappa shape index (κ1) is 18.4. The Kier molecular flexibility index (Phi) is 5.54. The number of rotatable bonds is 5. The fourth-order valence-electron chi connectivity index (χ4n) is 3.59. The summed E-state index contributed by atoms with van der Waals surface area (Å²) in [4.78, 5) is 13.6. The molecule has 1 aliphatic rings. The van der Waals surface area contributed by atoms with E-state index in [0.29, 0.717) is 0 Å². The Morgan fingerprint density at radius 1 is 1.35 bits per heavy atom. The molecule has 1 aliphatic heterocycles. The molecule has 1 aromatic carbocycles. The Morgan fingerprint density at radius 3 is 2.85 bits per heavy atom. The molecular formula is C20H26N4O2. The lowest BCUT2D eigenvalue weighted by Gasteiger charge is -2.29. The van der Waals surface area contributed by atoms with Crippen LogP contribution in [0.15, 0.2) is 24.3 Å². The third kappa shape index (κ3) is 4.03. The predicted molar refractivity (Wildman–Crippen MR) is 101 cm³/mol. The molecule has 0 atom stereocenters. The number of benzene rings is 1. The number of hydrogen-bond donors (Lipinski definition) is 2. The van der Waals surface area contributed by atoms with Gasteiger partial charge in [0.15, 0.2) is 0 Å². The topological polar surface area (TPSA) is 70.4 Å². The highest BCUT2D eigenvalue weighted by Crippen LogP contribution is 2.22. The molecular weight excluding hydrogens is 328 g/mol. The van der Waals surface area contributed by atoms with Crippen LogP contribution >= 0.6 is 0 Å². The zero-order chi connectivity index (χ0) is 18.7. The molecule has 2 N–H and O–H groups in total. The fourth-order valence-corrected chi connectivity index (χ4v) is 3.59. The van der Waals surface area contributed by atoms with E-state index in [2.05, 4.69) is 36.0 Å². The Balaban J connectivity index is 1.66. The average molecular weight is 354 g/mol. The van der Waals surface area contributed by atoms with E-state index in [1.165, 1.54) is 28.5 Å². The van der Waals surface area contributed by atoms with Crippen LogP contribution < -0.4 is 5.48 Å². The van der Waals surface area contributed by atoms with E-state index in [1.807, 2.05) is 17.8 Å². The van der Waals surface area contributed by atoms with Crippen LogP contribution in [0.1, 0.15) is 33.6 Å². The summed E-state index contributed by atoms with van der Waals surface area (Å²) in [6.45, 7) is 7.20. The third-order valence-electron chi connectivity index (χ3n) is 5.20. The van der Waals surface area contributed by atoms with Crippen LogP contribution in [0.3, 0.4) is 0 Å². The van der Waals surface area contributed by atoms with Crippen LogP contribution in [-0.4, -0.2) is 38.9 Å². The summed E-state index contributed by atoms with van der Waals surface area (Å²) in [5.41, 5.74) is 8.97. The first-order valence-corrected chi connectivity index (χ1v) is 8.93. The number of amides is 1. The summed E-state index contributed by atoms with van der Waals surface area (Å²) in [5, 5.41) is 13.1. The second-order valence-corrected chi connectivity index (χ2v) is 6.89. The zero-order valence-corrected chi connectivity index (χ0v) is 15.6. The number of nitrogens with one attached hydrogen (secondary N) is 1. The molecule has 1 amide bonds. The quantitative estimate of drug-likeness (QED) is 0.490. The van der Waals surface area contributed by atoms with Gasteiger partial charge in [0.2, 0.25) is 0 Å². The molecule has 2 heterocycles. The van der Waals surface area contributed by atoms with Crippen LogP contribution in [-0.2, 0) is 31.2 Å². The Morgan fingerprint density at radius 2 is 2.15 bits per heavy atom. The number of aryl methyl sites for hydroxylation is 2. The van der Waals surface area contributed by atoms with Gasteiger partial charge >= 0.3 is 0 Å². The molecule has 0 fully saturated rings. The molecule has 6 nitrogen and oxygen atoms in total. The van der Waals surface area contributed by atoms with Gasteiger partial charge in [-0.15, -0.1) is 0 Å². The molecule has 2 aromatic rings. The van der Waals surface area contributed by atoms with Crippen molar-refractivity contribution in [2.45, 2.75) is 33.2 Å². The van der Waals surface area contributed by atoms with Crippen LogP contribution in [0.4, 0.5) is 0 Å². The van der Waals surface area contributed by atoms with Gasteiger partial charge in [0.1, 0.15) is 0 Å². The number of nitrogens with zero attached hydrogens (tertiary/aromatic N) is 3. The van der Waals surface area contributed by atoms with Crippen molar-refractivity contribution in [3.8, 4) is 0 Å². The Labute approximate surface area is 154 Å². The Bertz CT molecular complexity index is 839. The maximum atomic E-state index is 11.1. The minimum atomic E-state index is -0.522. The Hall–Kier alpha value is -2.44. The van der Waals surface area contributed by atoms with Crippen LogP contribution in [0, 0.1) is 13.8 Å². The molecule has 26 heavy (non-hydrogen) atoms. The monoisotopic (exact) mass is 354 g/mol. The minimum absolute atomic E-state index is 0.522. The van der Waals surface area contributed by atoms with Gasteiger partial charge in [-0.2, -0.15) is 5.10 Å². The van der Waals surface area contributed by atoms with Crippen molar-refractivity contribution in [2.75, 3.05) is 13.1 Å². The summed E-state index contributed by atoms with van der Waals surface area (Å²) in [5.74, 6) is -0.522. The molecule has 6 heteroatoms. The van der Waals surface area contributed by atoms with Gasteiger partial charge in [0.25, 0.3) is 5.91 Å². The van der Waals surface area contributed by atoms with Gasteiger partial charge in [-0.25, -0.2) is 5.48 Å². The van der Waals surface area contributed by atoms with Crippen molar-refractivity contribution < 1.29 is 10.0 Å². The van der Waals surface area contributed by atoms with Crippen molar-refractivity contribution >= 4 is 12.0 Å². The molecule has 0 radical (unpaired) electrons. The lowest BCUT2D eigenvalue weighted by molar-refractivity contribution is -0.124. The van der Waals surface area contributed by atoms with E-state index in [-0.39, 0.29) is 0 Å². The molecule has 138 valence electrons. The van der Waals surface area contributed by atoms with E-state index >= 15 is 0 Å². The van der Waals surface area contributed by atoms with Crippen molar-refractivity contribution in [1.29, 1.82) is 0 Å². The first-order chi connectivity index (χ1) is 12.5. The highest BCUT2D eigenvalue weighted by Gasteiger charge is 2.17. The number of fused-ring (bicyclic) bond motifs is 1. The number of carbonyl (C=O) groups excluding carboxylic acids is 1. The summed E-state index contributed by atoms with van der Waals surface area (Å²) in [6.07, 6.45) is 5.10. The summed E-state index contributed by atoms with van der Waals surface area (Å²) in [7, 11) is 2.00. The maximum absolute atomic E-state index is 11.1. The molecule has 0 saturated heterocycles. The number of hydroxylamine groups is 1. The molecule has 0 spiro atoms. The van der Waals surface area contributed by atoms with Gasteiger partial charge < -0.3 is 0 Å². The van der Waals surface area contributed by atoms with Crippen LogP contribution in [0.2, 0.25) is 0 Å². The summed E-state index contributed by atoms with van der Waals surface area (Å²) >= 11 is 0. The fraction of sp³-hybridized carbons (Fsp3) is 0.400. The van der Waals surface area contributed by atoms with Gasteiger partial charge in [-0.1, -0.05) is 18.2 Å². The van der Waals surface area contributed by atoms with E-state index in [4.69, 9.17) is 5.21 Å². The molecule has 0 unspecified atom stereocenters.